The van der Waals surface area contributed by atoms with Gasteiger partial charge in [0.25, 0.3) is 0 Å². The molecule has 2 aromatic heterocycles. The van der Waals surface area contributed by atoms with Gasteiger partial charge in [-0.3, -0.25) is 9.67 Å². The zero-order valence-corrected chi connectivity index (χ0v) is 8.66. The molecule has 14 heavy (non-hydrogen) atoms. The lowest BCUT2D eigenvalue weighted by molar-refractivity contribution is 0.653. The summed E-state index contributed by atoms with van der Waals surface area (Å²) in [4.78, 5) is 9.33. The standard InChI is InChI=1S/C8H11N5S/c1-13-5-11-8(12-13)4-9-2-7-3-10-6-14-7/h3,5-6,9H,2,4H2,1H3. The van der Waals surface area contributed by atoms with Crippen LogP contribution in [-0.2, 0) is 20.1 Å². The second-order valence-corrected chi connectivity index (χ2v) is 3.88. The molecule has 0 fully saturated rings. The molecule has 5 nitrogen and oxygen atoms in total. The Morgan fingerprint density at radius 3 is 3.07 bits per heavy atom. The van der Waals surface area contributed by atoms with E-state index in [2.05, 4.69) is 20.4 Å². The number of rotatable bonds is 4. The lowest BCUT2D eigenvalue weighted by atomic mass is 10.5. The number of nitrogens with zero attached hydrogens (tertiary/aromatic N) is 4. The summed E-state index contributed by atoms with van der Waals surface area (Å²) in [5.74, 6) is 0.817. The van der Waals surface area contributed by atoms with Gasteiger partial charge in [0.1, 0.15) is 6.33 Å². The Bertz CT molecular complexity index is 380. The maximum atomic E-state index is 4.16. The molecular formula is C8H11N5S. The minimum atomic E-state index is 0.693. The monoisotopic (exact) mass is 209 g/mol. The fraction of sp³-hybridized carbons (Fsp3) is 0.375. The Balaban J connectivity index is 1.78. The van der Waals surface area contributed by atoms with E-state index in [0.29, 0.717) is 6.54 Å². The summed E-state index contributed by atoms with van der Waals surface area (Å²) >= 11 is 1.64. The van der Waals surface area contributed by atoms with Crippen molar-refractivity contribution in [3.8, 4) is 0 Å². The van der Waals surface area contributed by atoms with Crippen molar-refractivity contribution in [2.45, 2.75) is 13.1 Å². The van der Waals surface area contributed by atoms with Crippen molar-refractivity contribution >= 4 is 11.3 Å². The molecule has 6 heteroatoms. The first-order chi connectivity index (χ1) is 6.84. The second-order valence-electron chi connectivity index (χ2n) is 2.91. The Morgan fingerprint density at radius 2 is 2.43 bits per heavy atom. The molecule has 74 valence electrons. The fourth-order valence-electron chi connectivity index (χ4n) is 1.09. The zero-order valence-electron chi connectivity index (χ0n) is 7.84. The first-order valence-electron chi connectivity index (χ1n) is 4.27. The summed E-state index contributed by atoms with van der Waals surface area (Å²) < 4.78 is 1.70. The molecule has 2 aromatic rings. The van der Waals surface area contributed by atoms with Crippen LogP contribution in [0.15, 0.2) is 18.0 Å². The van der Waals surface area contributed by atoms with Crippen LogP contribution in [-0.4, -0.2) is 19.7 Å². The van der Waals surface area contributed by atoms with Crippen LogP contribution in [0.4, 0.5) is 0 Å². The van der Waals surface area contributed by atoms with Crippen LogP contribution in [0.1, 0.15) is 10.7 Å². The third-order valence-corrected chi connectivity index (χ3v) is 2.49. The van der Waals surface area contributed by atoms with Crippen molar-refractivity contribution in [3.05, 3.63) is 28.7 Å². The SMILES string of the molecule is Cn1cnc(CNCc2cncs2)n1. The van der Waals surface area contributed by atoms with Crippen molar-refractivity contribution in [1.29, 1.82) is 0 Å². The summed E-state index contributed by atoms with van der Waals surface area (Å²) in [5, 5.41) is 7.41. The van der Waals surface area contributed by atoms with Gasteiger partial charge >= 0.3 is 0 Å². The van der Waals surface area contributed by atoms with Gasteiger partial charge in [-0.15, -0.1) is 11.3 Å². The number of nitrogens with one attached hydrogen (secondary N) is 1. The molecule has 0 radical (unpaired) electrons. The number of hydrogen-bond acceptors (Lipinski definition) is 5. The van der Waals surface area contributed by atoms with Gasteiger partial charge in [-0.1, -0.05) is 0 Å². The van der Waals surface area contributed by atoms with Crippen LogP contribution in [0, 0.1) is 0 Å². The van der Waals surface area contributed by atoms with Gasteiger partial charge in [-0.2, -0.15) is 5.10 Å². The molecule has 0 unspecified atom stereocenters. The molecule has 0 bridgehead atoms. The van der Waals surface area contributed by atoms with Crippen LogP contribution < -0.4 is 5.32 Å². The van der Waals surface area contributed by atoms with Gasteiger partial charge in [0.15, 0.2) is 5.82 Å². The maximum Gasteiger partial charge on any atom is 0.164 e. The highest BCUT2D eigenvalue weighted by Crippen LogP contribution is 2.04. The number of aryl methyl sites for hydroxylation is 1. The van der Waals surface area contributed by atoms with Gasteiger partial charge in [0.05, 0.1) is 12.1 Å². The normalized spacial score (nSPS) is 10.6. The molecule has 0 aliphatic carbocycles. The molecule has 0 spiro atoms. The molecule has 0 saturated carbocycles. The summed E-state index contributed by atoms with van der Waals surface area (Å²) in [5.41, 5.74) is 1.83. The van der Waals surface area contributed by atoms with Gasteiger partial charge < -0.3 is 5.32 Å². The minimum Gasteiger partial charge on any atom is -0.305 e. The third kappa shape index (κ3) is 2.36. The van der Waals surface area contributed by atoms with E-state index in [4.69, 9.17) is 0 Å². The van der Waals surface area contributed by atoms with Crippen LogP contribution >= 0.6 is 11.3 Å². The van der Waals surface area contributed by atoms with E-state index in [-0.39, 0.29) is 0 Å². The molecule has 0 aromatic carbocycles. The van der Waals surface area contributed by atoms with E-state index in [1.165, 1.54) is 4.88 Å². The summed E-state index contributed by atoms with van der Waals surface area (Å²) in [6.45, 7) is 1.52. The molecule has 0 saturated heterocycles. The van der Waals surface area contributed by atoms with E-state index in [9.17, 15) is 0 Å². The third-order valence-electron chi connectivity index (χ3n) is 1.71. The molecular weight excluding hydrogens is 198 g/mol. The molecule has 0 atom stereocenters. The van der Waals surface area contributed by atoms with Crippen LogP contribution in [0.25, 0.3) is 0 Å². The summed E-state index contributed by atoms with van der Waals surface area (Å²) in [7, 11) is 1.86. The van der Waals surface area contributed by atoms with Gasteiger partial charge in [-0.05, 0) is 0 Å². The Morgan fingerprint density at radius 1 is 1.50 bits per heavy atom. The number of hydrogen-bond donors (Lipinski definition) is 1. The summed E-state index contributed by atoms with van der Waals surface area (Å²) in [6, 6.07) is 0. The highest BCUT2D eigenvalue weighted by molar-refractivity contribution is 7.09. The maximum absolute atomic E-state index is 4.16. The lowest BCUT2D eigenvalue weighted by Crippen LogP contribution is -2.13. The first kappa shape index (κ1) is 9.29. The minimum absolute atomic E-state index is 0.693. The van der Waals surface area contributed by atoms with Crippen LogP contribution in [0.3, 0.4) is 0 Å². The average Bonchev–Trinajstić information content (AvgIpc) is 2.77. The molecule has 2 rings (SSSR count). The van der Waals surface area contributed by atoms with E-state index in [1.54, 1.807) is 22.3 Å². The van der Waals surface area contributed by atoms with Crippen molar-refractivity contribution in [1.82, 2.24) is 25.1 Å². The van der Waals surface area contributed by atoms with E-state index in [1.807, 2.05) is 18.8 Å². The quantitative estimate of drug-likeness (QED) is 0.799. The second kappa shape index (κ2) is 4.30. The predicted molar refractivity (Wildman–Crippen MR) is 53.7 cm³/mol. The van der Waals surface area contributed by atoms with Crippen LogP contribution in [0.5, 0.6) is 0 Å². The zero-order chi connectivity index (χ0) is 9.80. The largest absolute Gasteiger partial charge is 0.305 e. The molecule has 1 N–H and O–H groups in total. The van der Waals surface area contributed by atoms with Gasteiger partial charge in [-0.25, -0.2) is 4.98 Å². The lowest BCUT2D eigenvalue weighted by Gasteiger charge is -1.97. The van der Waals surface area contributed by atoms with Gasteiger partial charge in [0, 0.05) is 24.7 Å². The summed E-state index contributed by atoms with van der Waals surface area (Å²) in [6.07, 6.45) is 3.56. The topological polar surface area (TPSA) is 55.6 Å². The highest BCUT2D eigenvalue weighted by atomic mass is 32.1. The van der Waals surface area contributed by atoms with E-state index < -0.39 is 0 Å². The van der Waals surface area contributed by atoms with Crippen molar-refractivity contribution in [2.24, 2.45) is 7.05 Å². The highest BCUT2D eigenvalue weighted by Gasteiger charge is 1.98. The Labute approximate surface area is 85.8 Å². The number of thiazole rings is 1. The molecule has 0 aliphatic rings. The van der Waals surface area contributed by atoms with Gasteiger partial charge in [0.2, 0.25) is 0 Å². The van der Waals surface area contributed by atoms with Crippen molar-refractivity contribution in [3.63, 3.8) is 0 Å². The van der Waals surface area contributed by atoms with E-state index >= 15 is 0 Å². The van der Waals surface area contributed by atoms with Crippen LogP contribution in [0.2, 0.25) is 0 Å². The Kier molecular flexibility index (Phi) is 2.85. The fourth-order valence-corrected chi connectivity index (χ4v) is 1.66. The van der Waals surface area contributed by atoms with Crippen molar-refractivity contribution in [2.75, 3.05) is 0 Å². The van der Waals surface area contributed by atoms with E-state index in [0.717, 1.165) is 12.4 Å². The average molecular weight is 209 g/mol. The molecule has 0 aliphatic heterocycles. The predicted octanol–water partition coefficient (Wildman–Crippen LogP) is 0.561. The van der Waals surface area contributed by atoms with Crippen molar-refractivity contribution < 1.29 is 0 Å². The Hall–Kier alpha value is -1.27. The smallest absolute Gasteiger partial charge is 0.164 e. The number of aromatic nitrogens is 4. The molecule has 2 heterocycles. The first-order valence-corrected chi connectivity index (χ1v) is 5.15. The molecule has 0 amide bonds.